The molecule has 208 valence electrons. The van der Waals surface area contributed by atoms with Gasteiger partial charge in [0.15, 0.2) is 0 Å². The van der Waals surface area contributed by atoms with Crippen LogP contribution in [0.25, 0.3) is 10.4 Å². The van der Waals surface area contributed by atoms with Crippen molar-refractivity contribution in [2.75, 3.05) is 5.32 Å². The average Bonchev–Trinajstić information content (AvgIpc) is 3.33. The maximum atomic E-state index is 13.1. The van der Waals surface area contributed by atoms with Gasteiger partial charge in [-0.3, -0.25) is 9.59 Å². The number of thiazole rings is 1. The Bertz CT molecular complexity index is 1390. The molecule has 1 amide bonds. The predicted octanol–water partition coefficient (Wildman–Crippen LogP) is 5.10. The van der Waals surface area contributed by atoms with Gasteiger partial charge in [0.25, 0.3) is 0 Å². The molecule has 9 nitrogen and oxygen atoms in total. The first-order valence-corrected chi connectivity index (χ1v) is 13.0. The number of hydrogen-bond acceptors (Lipinski definition) is 8. The first kappa shape index (κ1) is 28.4. The maximum Gasteiger partial charge on any atom is 0.433 e. The molecule has 0 unspecified atom stereocenters. The predicted molar refractivity (Wildman–Crippen MR) is 138 cm³/mol. The van der Waals surface area contributed by atoms with Crippen LogP contribution in [0.15, 0.2) is 36.7 Å². The van der Waals surface area contributed by atoms with Gasteiger partial charge in [0.2, 0.25) is 11.9 Å². The molecule has 0 spiro atoms. The number of rotatable bonds is 7. The van der Waals surface area contributed by atoms with Gasteiger partial charge in [0.1, 0.15) is 16.3 Å². The molecule has 13 heteroatoms. The topological polar surface area (TPSA) is 137 Å². The van der Waals surface area contributed by atoms with E-state index in [1.807, 2.05) is 13.8 Å². The van der Waals surface area contributed by atoms with Gasteiger partial charge in [-0.15, -0.1) is 11.3 Å². The van der Waals surface area contributed by atoms with Crippen LogP contribution in [0, 0.1) is 11.3 Å². The lowest BCUT2D eigenvalue weighted by atomic mass is 9.63. The van der Waals surface area contributed by atoms with Crippen molar-refractivity contribution >= 4 is 34.8 Å². The lowest BCUT2D eigenvalue weighted by molar-refractivity contribution is -0.154. The number of hydrogen-bond donors (Lipinski definition) is 4. The number of benzene rings is 1. The molecule has 0 radical (unpaired) electrons. The summed E-state index contributed by atoms with van der Waals surface area (Å²) in [7, 11) is 0. The van der Waals surface area contributed by atoms with Crippen LogP contribution < -0.4 is 10.6 Å². The highest BCUT2D eigenvalue weighted by Gasteiger charge is 2.49. The number of aromatic nitrogens is 3. The standard InChI is InChI=1S/C26H28F3N5O4S/c1-14(35)31-11-15-8-16(10-17(9-15)33-23-30-7-5-20(34-23)26(27,28)29)19-12-32-22(39-19)25(38)6-4-18(21(36)37)24(2,3)13-25/h5,7-10,12,18,38H,4,6,11,13H2,1-3H3,(H,31,35)(H,36,37)(H,30,33,34)/t18-,25-/m1/s1. The highest BCUT2D eigenvalue weighted by Crippen LogP contribution is 2.51. The summed E-state index contributed by atoms with van der Waals surface area (Å²) >= 11 is 1.25. The second kappa shape index (κ2) is 10.5. The molecule has 1 saturated carbocycles. The van der Waals surface area contributed by atoms with Gasteiger partial charge in [-0.1, -0.05) is 13.8 Å². The van der Waals surface area contributed by atoms with E-state index in [-0.39, 0.29) is 31.2 Å². The number of nitrogens with one attached hydrogen (secondary N) is 2. The number of aliphatic hydroxyl groups is 1. The van der Waals surface area contributed by atoms with Crippen molar-refractivity contribution in [3.63, 3.8) is 0 Å². The molecule has 0 bridgehead atoms. The molecule has 1 aliphatic rings. The maximum absolute atomic E-state index is 13.1. The third-order valence-electron chi connectivity index (χ3n) is 6.76. The van der Waals surface area contributed by atoms with Gasteiger partial charge in [0.05, 0.1) is 10.8 Å². The molecule has 4 rings (SSSR count). The van der Waals surface area contributed by atoms with Crippen LogP contribution >= 0.6 is 11.3 Å². The second-order valence-corrected chi connectivity index (χ2v) is 11.4. The summed E-state index contributed by atoms with van der Waals surface area (Å²) in [5.74, 6) is -1.96. The van der Waals surface area contributed by atoms with E-state index in [4.69, 9.17) is 0 Å². The first-order valence-electron chi connectivity index (χ1n) is 12.1. The van der Waals surface area contributed by atoms with Crippen molar-refractivity contribution in [2.24, 2.45) is 11.3 Å². The zero-order valence-corrected chi connectivity index (χ0v) is 22.3. The van der Waals surface area contributed by atoms with Crippen LogP contribution in [-0.2, 0) is 27.9 Å². The van der Waals surface area contributed by atoms with Crippen molar-refractivity contribution in [2.45, 2.75) is 58.4 Å². The fraction of sp³-hybridized carbons (Fsp3) is 0.423. The molecule has 2 aromatic heterocycles. The largest absolute Gasteiger partial charge is 0.481 e. The molecule has 4 N–H and O–H groups in total. The summed E-state index contributed by atoms with van der Waals surface area (Å²) in [5.41, 5.74) is -1.32. The molecule has 2 heterocycles. The Labute approximate surface area is 226 Å². The molecule has 0 aliphatic heterocycles. The Hall–Kier alpha value is -3.58. The Kier molecular flexibility index (Phi) is 7.68. The third kappa shape index (κ3) is 6.53. The number of aliphatic carboxylic acids is 1. The van der Waals surface area contributed by atoms with E-state index in [1.54, 1.807) is 24.4 Å². The number of amides is 1. The van der Waals surface area contributed by atoms with Crippen molar-refractivity contribution in [3.8, 4) is 10.4 Å². The van der Waals surface area contributed by atoms with Gasteiger partial charge in [-0.2, -0.15) is 13.2 Å². The van der Waals surface area contributed by atoms with Crippen LogP contribution in [0.5, 0.6) is 0 Å². The minimum Gasteiger partial charge on any atom is -0.481 e. The van der Waals surface area contributed by atoms with Crippen LogP contribution in [0.2, 0.25) is 0 Å². The zero-order valence-electron chi connectivity index (χ0n) is 21.5. The van der Waals surface area contributed by atoms with E-state index in [9.17, 15) is 33.0 Å². The van der Waals surface area contributed by atoms with Crippen LogP contribution in [0.3, 0.4) is 0 Å². The van der Waals surface area contributed by atoms with Crippen molar-refractivity contribution in [3.05, 3.63) is 52.9 Å². The molecule has 1 fully saturated rings. The Morgan fingerprint density at radius 2 is 1.95 bits per heavy atom. The minimum absolute atomic E-state index is 0.168. The molecular weight excluding hydrogens is 535 g/mol. The molecule has 3 aromatic rings. The lowest BCUT2D eigenvalue weighted by Crippen LogP contribution is -2.44. The van der Waals surface area contributed by atoms with Crippen LogP contribution in [0.1, 0.15) is 56.3 Å². The van der Waals surface area contributed by atoms with E-state index in [0.717, 1.165) is 12.3 Å². The second-order valence-electron chi connectivity index (χ2n) is 10.4. The van der Waals surface area contributed by atoms with Crippen LogP contribution in [-0.4, -0.2) is 37.0 Å². The normalized spacial score (nSPS) is 20.8. The number of carboxylic acid groups (broad SMARTS) is 1. The summed E-state index contributed by atoms with van der Waals surface area (Å²) in [6.07, 6.45) is -1.23. The Morgan fingerprint density at radius 1 is 1.21 bits per heavy atom. The fourth-order valence-electron chi connectivity index (χ4n) is 4.94. The van der Waals surface area contributed by atoms with Crippen molar-refractivity contribution < 1.29 is 33.0 Å². The highest BCUT2D eigenvalue weighted by atomic mass is 32.1. The fourth-order valence-corrected chi connectivity index (χ4v) is 5.96. The highest BCUT2D eigenvalue weighted by molar-refractivity contribution is 7.15. The van der Waals surface area contributed by atoms with Crippen molar-refractivity contribution in [1.29, 1.82) is 0 Å². The summed E-state index contributed by atoms with van der Waals surface area (Å²) in [4.78, 5) is 35.7. The van der Waals surface area contributed by atoms with Gasteiger partial charge in [-0.25, -0.2) is 15.0 Å². The number of carbonyl (C=O) groups excluding carboxylic acids is 1. The number of nitrogens with zero attached hydrogens (tertiary/aromatic N) is 3. The van der Waals surface area contributed by atoms with Gasteiger partial charge >= 0.3 is 12.1 Å². The number of halogens is 3. The third-order valence-corrected chi connectivity index (χ3v) is 8.00. The van der Waals surface area contributed by atoms with Crippen LogP contribution in [0.4, 0.5) is 24.8 Å². The molecule has 39 heavy (non-hydrogen) atoms. The zero-order chi connectivity index (χ0) is 28.6. The Balaban J connectivity index is 1.66. The average molecular weight is 564 g/mol. The summed E-state index contributed by atoms with van der Waals surface area (Å²) in [6, 6.07) is 5.93. The van der Waals surface area contributed by atoms with Gasteiger partial charge in [-0.05, 0) is 60.1 Å². The molecule has 0 saturated heterocycles. The van der Waals surface area contributed by atoms with E-state index in [1.165, 1.54) is 18.3 Å². The minimum atomic E-state index is -4.63. The number of carbonyl (C=O) groups is 2. The molecule has 2 atom stereocenters. The van der Waals surface area contributed by atoms with E-state index in [2.05, 4.69) is 25.6 Å². The van der Waals surface area contributed by atoms with E-state index >= 15 is 0 Å². The van der Waals surface area contributed by atoms with Gasteiger partial charge in [0, 0.05) is 31.5 Å². The summed E-state index contributed by atoms with van der Waals surface area (Å²) in [5, 5.41) is 27.0. The smallest absolute Gasteiger partial charge is 0.433 e. The SMILES string of the molecule is CC(=O)NCc1cc(Nc2nccc(C(F)(F)F)n2)cc(-c2cnc([C@@]3(O)CC[C@H](C(=O)O)C(C)(C)C3)s2)c1. The Morgan fingerprint density at radius 3 is 2.59 bits per heavy atom. The first-order chi connectivity index (χ1) is 18.2. The monoisotopic (exact) mass is 563 g/mol. The number of carboxylic acids is 1. The quantitative estimate of drug-likeness (QED) is 0.312. The van der Waals surface area contributed by atoms with Gasteiger partial charge < -0.3 is 20.8 Å². The molecular formula is C26H28F3N5O4S. The summed E-state index contributed by atoms with van der Waals surface area (Å²) in [6.45, 7) is 5.19. The molecule has 1 aromatic carbocycles. The van der Waals surface area contributed by atoms with E-state index < -0.39 is 34.8 Å². The number of anilines is 2. The molecule has 1 aliphatic carbocycles. The van der Waals surface area contributed by atoms with E-state index in [0.29, 0.717) is 33.1 Å². The lowest BCUT2D eigenvalue weighted by Gasteiger charge is -2.44. The number of alkyl halides is 3. The summed E-state index contributed by atoms with van der Waals surface area (Å²) < 4.78 is 39.3. The van der Waals surface area contributed by atoms with Crippen molar-refractivity contribution in [1.82, 2.24) is 20.3 Å².